The van der Waals surface area contributed by atoms with Crippen LogP contribution in [0.5, 0.6) is 0 Å². The molecule has 1 N–H and O–H groups in total. The molecule has 4 bridgehead atoms. The molecule has 0 unspecified atom stereocenters. The summed E-state index contributed by atoms with van der Waals surface area (Å²) >= 11 is 0. The Balaban J connectivity index is 1.58. The van der Waals surface area contributed by atoms with Crippen molar-refractivity contribution in [1.82, 2.24) is 0 Å². The van der Waals surface area contributed by atoms with Crippen molar-refractivity contribution in [3.05, 3.63) is 0 Å². The van der Waals surface area contributed by atoms with Crippen molar-refractivity contribution in [1.29, 1.82) is 0 Å². The molecular formula is C15H22O4. The molecular weight excluding hydrogens is 244 g/mol. The van der Waals surface area contributed by atoms with E-state index >= 15 is 0 Å². The topological polar surface area (TPSA) is 55.8 Å². The maximum atomic E-state index is 11.3. The van der Waals surface area contributed by atoms with Crippen LogP contribution in [0.4, 0.5) is 0 Å². The van der Waals surface area contributed by atoms with E-state index < -0.39 is 17.2 Å². The molecule has 0 amide bonds. The molecule has 1 aliphatic heterocycles. The van der Waals surface area contributed by atoms with Crippen LogP contribution in [-0.2, 0) is 14.3 Å². The normalized spacial score (nSPS) is 55.6. The van der Waals surface area contributed by atoms with E-state index in [0.29, 0.717) is 25.0 Å². The summed E-state index contributed by atoms with van der Waals surface area (Å²) in [4.78, 5) is 11.3. The van der Waals surface area contributed by atoms with Crippen LogP contribution in [0.3, 0.4) is 0 Å². The van der Waals surface area contributed by atoms with Crippen molar-refractivity contribution < 1.29 is 19.4 Å². The Kier molecular flexibility index (Phi) is 2.39. The first-order valence-electron chi connectivity index (χ1n) is 7.53. The van der Waals surface area contributed by atoms with Gasteiger partial charge in [-0.15, -0.1) is 0 Å². The van der Waals surface area contributed by atoms with Gasteiger partial charge in [-0.1, -0.05) is 0 Å². The van der Waals surface area contributed by atoms with Gasteiger partial charge in [-0.05, 0) is 50.9 Å². The molecule has 4 heteroatoms. The fourth-order valence-electron chi connectivity index (χ4n) is 5.06. The molecule has 1 heterocycles. The number of rotatable bonds is 1. The van der Waals surface area contributed by atoms with Gasteiger partial charge in [0.2, 0.25) is 0 Å². The van der Waals surface area contributed by atoms with Crippen molar-refractivity contribution in [2.75, 3.05) is 13.2 Å². The Morgan fingerprint density at radius 1 is 1.00 bits per heavy atom. The average Bonchev–Trinajstić information content (AvgIpc) is 2.37. The van der Waals surface area contributed by atoms with Crippen molar-refractivity contribution >= 4 is 5.97 Å². The molecule has 5 rings (SSSR count). The Labute approximate surface area is 113 Å². The highest BCUT2D eigenvalue weighted by Gasteiger charge is 2.62. The first-order valence-corrected chi connectivity index (χ1v) is 7.53. The SMILES string of the molecule is CC1(C(=O)O)COC2(OC1)C1CC3CC(C1)CC2C3. The van der Waals surface area contributed by atoms with Gasteiger partial charge in [-0.3, -0.25) is 4.79 Å². The fourth-order valence-corrected chi connectivity index (χ4v) is 5.06. The second-order valence-corrected chi connectivity index (χ2v) is 7.47. The van der Waals surface area contributed by atoms with Crippen LogP contribution in [-0.4, -0.2) is 30.1 Å². The highest BCUT2D eigenvalue weighted by Crippen LogP contribution is 2.61. The van der Waals surface area contributed by atoms with Gasteiger partial charge in [0.25, 0.3) is 0 Å². The van der Waals surface area contributed by atoms with Crippen LogP contribution >= 0.6 is 0 Å². The summed E-state index contributed by atoms with van der Waals surface area (Å²) in [6, 6.07) is 0. The number of hydrogen-bond donors (Lipinski definition) is 1. The Bertz CT molecular complexity index is 378. The van der Waals surface area contributed by atoms with Crippen LogP contribution in [0.25, 0.3) is 0 Å². The molecule has 1 spiro atoms. The van der Waals surface area contributed by atoms with Gasteiger partial charge >= 0.3 is 5.97 Å². The third-order valence-electron chi connectivity index (χ3n) is 6.03. The van der Waals surface area contributed by atoms with Crippen LogP contribution in [0.2, 0.25) is 0 Å². The van der Waals surface area contributed by atoms with Gasteiger partial charge in [-0.2, -0.15) is 0 Å². The standard InChI is InChI=1S/C15H22O4/c1-14(13(16)17)7-18-15(19-8-14)11-3-9-2-10(5-11)6-12(15)4-9/h9-12H,2-8H2,1H3,(H,16,17). The van der Waals surface area contributed by atoms with Crippen LogP contribution in [0.1, 0.15) is 39.0 Å². The Morgan fingerprint density at radius 2 is 1.47 bits per heavy atom. The van der Waals surface area contributed by atoms with Gasteiger partial charge < -0.3 is 14.6 Å². The molecule has 4 saturated carbocycles. The molecule has 5 aliphatic rings. The summed E-state index contributed by atoms with van der Waals surface area (Å²) in [5, 5.41) is 9.28. The average molecular weight is 266 g/mol. The van der Waals surface area contributed by atoms with Gasteiger partial charge in [0.1, 0.15) is 5.41 Å². The fraction of sp³-hybridized carbons (Fsp3) is 0.933. The lowest BCUT2D eigenvalue weighted by Gasteiger charge is -2.62. The highest BCUT2D eigenvalue weighted by molar-refractivity contribution is 5.74. The second kappa shape index (κ2) is 3.73. The molecule has 4 aliphatic carbocycles. The van der Waals surface area contributed by atoms with Gasteiger partial charge in [0.15, 0.2) is 5.79 Å². The molecule has 5 fully saturated rings. The van der Waals surface area contributed by atoms with E-state index in [0.717, 1.165) is 11.8 Å². The lowest BCUT2D eigenvalue weighted by molar-refractivity contribution is -0.376. The number of hydrogen-bond acceptors (Lipinski definition) is 3. The molecule has 0 aromatic rings. The van der Waals surface area contributed by atoms with Crippen molar-refractivity contribution in [3.63, 3.8) is 0 Å². The third kappa shape index (κ3) is 1.56. The lowest BCUT2D eigenvalue weighted by atomic mass is 9.53. The number of aliphatic carboxylic acids is 1. The second-order valence-electron chi connectivity index (χ2n) is 7.47. The Morgan fingerprint density at radius 3 is 1.89 bits per heavy atom. The van der Waals surface area contributed by atoms with Crippen LogP contribution < -0.4 is 0 Å². The van der Waals surface area contributed by atoms with E-state index in [1.54, 1.807) is 6.92 Å². The largest absolute Gasteiger partial charge is 0.481 e. The molecule has 19 heavy (non-hydrogen) atoms. The number of ether oxygens (including phenoxy) is 2. The number of carbonyl (C=O) groups is 1. The summed E-state index contributed by atoms with van der Waals surface area (Å²) in [5.41, 5.74) is -0.875. The predicted octanol–water partition coefficient (Wildman–Crippen LogP) is 2.28. The quantitative estimate of drug-likeness (QED) is 0.791. The van der Waals surface area contributed by atoms with E-state index in [1.807, 2.05) is 0 Å². The minimum atomic E-state index is -0.875. The van der Waals surface area contributed by atoms with Gasteiger partial charge in [0, 0.05) is 11.8 Å². The summed E-state index contributed by atoms with van der Waals surface area (Å²) in [5.74, 6) is 1.49. The minimum Gasteiger partial charge on any atom is -0.481 e. The molecule has 0 aromatic heterocycles. The summed E-state index contributed by atoms with van der Waals surface area (Å²) < 4.78 is 12.2. The summed E-state index contributed by atoms with van der Waals surface area (Å²) in [6.07, 6.45) is 6.27. The molecule has 4 nitrogen and oxygen atoms in total. The van der Waals surface area contributed by atoms with E-state index in [9.17, 15) is 9.90 Å². The summed E-state index contributed by atoms with van der Waals surface area (Å²) in [7, 11) is 0. The zero-order valence-electron chi connectivity index (χ0n) is 11.4. The van der Waals surface area contributed by atoms with Crippen LogP contribution in [0.15, 0.2) is 0 Å². The molecule has 106 valence electrons. The van der Waals surface area contributed by atoms with Crippen molar-refractivity contribution in [2.45, 2.75) is 44.8 Å². The molecule has 0 radical (unpaired) electrons. The smallest absolute Gasteiger partial charge is 0.314 e. The minimum absolute atomic E-state index is 0.296. The monoisotopic (exact) mass is 266 g/mol. The highest BCUT2D eigenvalue weighted by atomic mass is 16.7. The van der Waals surface area contributed by atoms with E-state index in [1.165, 1.54) is 32.1 Å². The van der Waals surface area contributed by atoms with Crippen LogP contribution in [0, 0.1) is 29.1 Å². The number of carboxylic acid groups (broad SMARTS) is 1. The summed E-state index contributed by atoms with van der Waals surface area (Å²) in [6.45, 7) is 2.31. The zero-order valence-corrected chi connectivity index (χ0v) is 11.4. The lowest BCUT2D eigenvalue weighted by Crippen LogP contribution is -2.65. The first kappa shape index (κ1) is 12.2. The molecule has 1 saturated heterocycles. The van der Waals surface area contributed by atoms with E-state index in [4.69, 9.17) is 9.47 Å². The molecule has 0 aromatic carbocycles. The van der Waals surface area contributed by atoms with Crippen molar-refractivity contribution in [2.24, 2.45) is 29.1 Å². The maximum Gasteiger partial charge on any atom is 0.314 e. The van der Waals surface area contributed by atoms with E-state index in [-0.39, 0.29) is 0 Å². The van der Waals surface area contributed by atoms with Gasteiger partial charge in [-0.25, -0.2) is 0 Å². The predicted molar refractivity (Wildman–Crippen MR) is 67.4 cm³/mol. The maximum absolute atomic E-state index is 11.3. The van der Waals surface area contributed by atoms with Gasteiger partial charge in [0.05, 0.1) is 13.2 Å². The Hall–Kier alpha value is -0.610. The third-order valence-corrected chi connectivity index (χ3v) is 6.03. The first-order chi connectivity index (χ1) is 9.02. The number of carboxylic acids is 1. The molecule has 0 atom stereocenters. The van der Waals surface area contributed by atoms with E-state index in [2.05, 4.69) is 0 Å². The zero-order chi connectivity index (χ0) is 13.3. The van der Waals surface area contributed by atoms with Crippen molar-refractivity contribution in [3.8, 4) is 0 Å².